The van der Waals surface area contributed by atoms with Gasteiger partial charge in [0.1, 0.15) is 11.3 Å². The molecule has 0 aliphatic carbocycles. The van der Waals surface area contributed by atoms with Crippen LogP contribution in [0, 0.1) is 0 Å². The number of rotatable bonds is 2. The molecule has 3 rings (SSSR count). The summed E-state index contributed by atoms with van der Waals surface area (Å²) in [6, 6.07) is 17.0. The Balaban J connectivity index is 2.42. The fraction of sp³-hybridized carbons (Fsp3) is 0.118. The molecule has 0 bridgehead atoms. The summed E-state index contributed by atoms with van der Waals surface area (Å²) in [7, 11) is 3.71. The Morgan fingerprint density at radius 3 is 2.25 bits per heavy atom. The molecule has 0 radical (unpaired) electrons. The van der Waals surface area contributed by atoms with Crippen LogP contribution >= 0.6 is 0 Å². The van der Waals surface area contributed by atoms with Gasteiger partial charge in [0, 0.05) is 19.7 Å². The van der Waals surface area contributed by atoms with Gasteiger partial charge in [0.2, 0.25) is 5.43 Å². The van der Waals surface area contributed by atoms with E-state index in [0.717, 1.165) is 5.56 Å². The second-order valence-electron chi connectivity index (χ2n) is 4.87. The van der Waals surface area contributed by atoms with Crippen LogP contribution in [0.15, 0.2) is 63.8 Å². The summed E-state index contributed by atoms with van der Waals surface area (Å²) in [5, 5.41) is 0.607. The first-order valence-electron chi connectivity index (χ1n) is 6.47. The first kappa shape index (κ1) is 12.5. The van der Waals surface area contributed by atoms with E-state index in [-0.39, 0.29) is 5.43 Å². The topological polar surface area (TPSA) is 33.5 Å². The molecule has 0 fully saturated rings. The highest BCUT2D eigenvalue weighted by molar-refractivity contribution is 5.86. The van der Waals surface area contributed by atoms with Crippen molar-refractivity contribution in [2.24, 2.45) is 0 Å². The first-order chi connectivity index (χ1) is 9.68. The van der Waals surface area contributed by atoms with E-state index in [1.165, 1.54) is 0 Å². The predicted octanol–water partition coefficient (Wildman–Crippen LogP) is 3.53. The van der Waals surface area contributed by atoms with Crippen LogP contribution in [-0.2, 0) is 0 Å². The van der Waals surface area contributed by atoms with Crippen molar-refractivity contribution in [3.8, 4) is 11.3 Å². The summed E-state index contributed by atoms with van der Waals surface area (Å²) in [5.74, 6) is 0.610. The van der Waals surface area contributed by atoms with Crippen LogP contribution in [0.2, 0.25) is 0 Å². The monoisotopic (exact) mass is 265 g/mol. The minimum atomic E-state index is -0.00398. The summed E-state index contributed by atoms with van der Waals surface area (Å²) >= 11 is 0. The van der Waals surface area contributed by atoms with E-state index in [2.05, 4.69) is 0 Å². The number of anilines is 1. The molecule has 0 atom stereocenters. The van der Waals surface area contributed by atoms with E-state index in [1.807, 2.05) is 62.6 Å². The van der Waals surface area contributed by atoms with Gasteiger partial charge < -0.3 is 9.32 Å². The second kappa shape index (κ2) is 4.85. The summed E-state index contributed by atoms with van der Waals surface area (Å²) in [6.45, 7) is 0. The van der Waals surface area contributed by atoms with Crippen LogP contribution in [0.4, 0.5) is 5.69 Å². The molecule has 0 amide bonds. The first-order valence-corrected chi connectivity index (χ1v) is 6.47. The van der Waals surface area contributed by atoms with Crippen molar-refractivity contribution in [3.05, 3.63) is 64.8 Å². The molecule has 0 N–H and O–H groups in total. The van der Waals surface area contributed by atoms with Crippen molar-refractivity contribution in [1.82, 2.24) is 0 Å². The van der Waals surface area contributed by atoms with Crippen LogP contribution in [0.25, 0.3) is 22.3 Å². The lowest BCUT2D eigenvalue weighted by Crippen LogP contribution is -2.20. The van der Waals surface area contributed by atoms with E-state index < -0.39 is 0 Å². The Kier molecular flexibility index (Phi) is 3.03. The third kappa shape index (κ3) is 1.97. The van der Waals surface area contributed by atoms with Crippen molar-refractivity contribution in [2.75, 3.05) is 19.0 Å². The van der Waals surface area contributed by atoms with Gasteiger partial charge >= 0.3 is 0 Å². The molecule has 0 spiro atoms. The number of nitrogens with zero attached hydrogens (tertiary/aromatic N) is 1. The molecular formula is C17H15NO2. The molecule has 3 aromatic rings. The molecule has 0 aliphatic rings. The van der Waals surface area contributed by atoms with Crippen molar-refractivity contribution < 1.29 is 4.42 Å². The van der Waals surface area contributed by atoms with Gasteiger partial charge in [0.15, 0.2) is 5.76 Å². The zero-order chi connectivity index (χ0) is 14.1. The van der Waals surface area contributed by atoms with Gasteiger partial charge in [-0.25, -0.2) is 0 Å². The van der Waals surface area contributed by atoms with Crippen molar-refractivity contribution in [3.63, 3.8) is 0 Å². The highest BCUT2D eigenvalue weighted by Crippen LogP contribution is 2.30. The molecule has 0 saturated carbocycles. The van der Waals surface area contributed by atoms with Crippen LogP contribution in [0.1, 0.15) is 0 Å². The normalized spacial score (nSPS) is 10.7. The Morgan fingerprint density at radius 2 is 1.55 bits per heavy atom. The summed E-state index contributed by atoms with van der Waals surface area (Å²) < 4.78 is 5.98. The van der Waals surface area contributed by atoms with E-state index in [9.17, 15) is 4.79 Å². The highest BCUT2D eigenvalue weighted by Gasteiger charge is 2.17. The Labute approximate surface area is 117 Å². The Morgan fingerprint density at radius 1 is 0.900 bits per heavy atom. The number of benzene rings is 2. The molecule has 1 aromatic heterocycles. The summed E-state index contributed by atoms with van der Waals surface area (Å²) in [5.41, 5.74) is 2.09. The van der Waals surface area contributed by atoms with E-state index in [1.54, 1.807) is 11.0 Å². The van der Waals surface area contributed by atoms with E-state index in [4.69, 9.17) is 4.42 Å². The largest absolute Gasteiger partial charge is 0.454 e. The maximum atomic E-state index is 12.7. The molecule has 20 heavy (non-hydrogen) atoms. The van der Waals surface area contributed by atoms with E-state index >= 15 is 0 Å². The zero-order valence-corrected chi connectivity index (χ0v) is 11.5. The molecule has 3 nitrogen and oxygen atoms in total. The Bertz CT molecular complexity index is 804. The van der Waals surface area contributed by atoms with Crippen LogP contribution in [0.5, 0.6) is 0 Å². The van der Waals surface area contributed by atoms with Gasteiger partial charge in [-0.2, -0.15) is 0 Å². The fourth-order valence-corrected chi connectivity index (χ4v) is 2.32. The zero-order valence-electron chi connectivity index (χ0n) is 11.5. The molecule has 100 valence electrons. The number of hydrogen-bond acceptors (Lipinski definition) is 3. The minimum Gasteiger partial charge on any atom is -0.454 e. The second-order valence-corrected chi connectivity index (χ2v) is 4.87. The highest BCUT2D eigenvalue weighted by atomic mass is 16.3. The molecular weight excluding hydrogens is 250 g/mol. The summed E-state index contributed by atoms with van der Waals surface area (Å²) in [4.78, 5) is 14.5. The van der Waals surface area contributed by atoms with Gasteiger partial charge in [-0.1, -0.05) is 42.5 Å². The number of para-hydroxylation sites is 1. The molecule has 1 heterocycles. The average Bonchev–Trinajstić information content (AvgIpc) is 2.47. The maximum Gasteiger partial charge on any atom is 0.216 e. The lowest BCUT2D eigenvalue weighted by molar-refractivity contribution is 0.618. The van der Waals surface area contributed by atoms with Gasteiger partial charge in [-0.15, -0.1) is 0 Å². The smallest absolute Gasteiger partial charge is 0.216 e. The molecule has 0 unspecified atom stereocenters. The van der Waals surface area contributed by atoms with Crippen molar-refractivity contribution in [1.29, 1.82) is 0 Å². The van der Waals surface area contributed by atoms with Crippen molar-refractivity contribution in [2.45, 2.75) is 0 Å². The number of fused-ring (bicyclic) bond motifs is 1. The van der Waals surface area contributed by atoms with E-state index in [0.29, 0.717) is 22.4 Å². The van der Waals surface area contributed by atoms with Crippen LogP contribution < -0.4 is 10.3 Å². The molecule has 2 aromatic carbocycles. The standard InChI is InChI=1S/C17H15NO2/c1-18(2)15-16(19)13-10-6-7-11-14(13)20-17(15)12-8-4-3-5-9-12/h3-11H,1-2H3. The predicted molar refractivity (Wildman–Crippen MR) is 82.2 cm³/mol. The van der Waals surface area contributed by atoms with Gasteiger partial charge in [0.05, 0.1) is 5.39 Å². The number of hydrogen-bond donors (Lipinski definition) is 0. The van der Waals surface area contributed by atoms with Crippen LogP contribution in [0.3, 0.4) is 0 Å². The summed E-state index contributed by atoms with van der Waals surface area (Å²) in [6.07, 6.45) is 0. The van der Waals surface area contributed by atoms with Gasteiger partial charge in [-0.05, 0) is 12.1 Å². The third-order valence-corrected chi connectivity index (χ3v) is 3.26. The SMILES string of the molecule is CN(C)c1c(-c2ccccc2)oc2ccccc2c1=O. The third-order valence-electron chi connectivity index (χ3n) is 3.26. The molecule has 3 heteroatoms. The minimum absolute atomic E-state index is 0.00398. The lowest BCUT2D eigenvalue weighted by atomic mass is 10.1. The van der Waals surface area contributed by atoms with Crippen LogP contribution in [-0.4, -0.2) is 14.1 Å². The van der Waals surface area contributed by atoms with Gasteiger partial charge in [0.25, 0.3) is 0 Å². The lowest BCUT2D eigenvalue weighted by Gasteiger charge is -2.16. The van der Waals surface area contributed by atoms with Gasteiger partial charge in [-0.3, -0.25) is 4.79 Å². The van der Waals surface area contributed by atoms with Crippen molar-refractivity contribution >= 4 is 16.7 Å². The average molecular weight is 265 g/mol. The molecule has 0 aliphatic heterocycles. The Hall–Kier alpha value is -2.55. The molecule has 0 saturated heterocycles. The maximum absolute atomic E-state index is 12.7. The quantitative estimate of drug-likeness (QED) is 0.710. The fourth-order valence-electron chi connectivity index (χ4n) is 2.32.